The fourth-order valence-electron chi connectivity index (χ4n) is 3.26. The van der Waals surface area contributed by atoms with Gasteiger partial charge >= 0.3 is 5.97 Å². The maximum atomic E-state index is 12.0. The average molecular weight is 369 g/mol. The predicted octanol–water partition coefficient (Wildman–Crippen LogP) is 5.82. The highest BCUT2D eigenvalue weighted by molar-refractivity contribution is 5.70. The summed E-state index contributed by atoms with van der Waals surface area (Å²) in [5, 5.41) is 10.2. The third-order valence-corrected chi connectivity index (χ3v) is 4.83. The minimum atomic E-state index is -0.183. The number of hydrogen-bond donors (Lipinski definition) is 1. The molecule has 0 aromatic heterocycles. The van der Waals surface area contributed by atoms with E-state index in [-0.39, 0.29) is 11.7 Å². The van der Waals surface area contributed by atoms with Crippen LogP contribution in [-0.4, -0.2) is 17.7 Å². The standard InChI is InChI=1S/C24H32O3/c1-2-3-4-5-6-10-18-27-24(26)17-16-22-21(14-11-15-23(22)25)19-20-12-8-7-9-13-20/h7-9,11-15,25H,2-6,10,16-19H2,1H3. The smallest absolute Gasteiger partial charge is 0.306 e. The van der Waals surface area contributed by atoms with Crippen LogP contribution in [0.5, 0.6) is 5.75 Å². The number of carbonyl (C=O) groups is 1. The fourth-order valence-corrected chi connectivity index (χ4v) is 3.26. The van der Waals surface area contributed by atoms with E-state index in [9.17, 15) is 9.90 Å². The molecule has 2 aromatic carbocycles. The zero-order chi connectivity index (χ0) is 19.3. The van der Waals surface area contributed by atoms with E-state index in [1.165, 1.54) is 31.2 Å². The van der Waals surface area contributed by atoms with Crippen molar-refractivity contribution in [3.63, 3.8) is 0 Å². The summed E-state index contributed by atoms with van der Waals surface area (Å²) < 4.78 is 5.35. The molecule has 3 heteroatoms. The molecule has 3 nitrogen and oxygen atoms in total. The lowest BCUT2D eigenvalue weighted by Crippen LogP contribution is -2.08. The lowest BCUT2D eigenvalue weighted by atomic mass is 9.96. The van der Waals surface area contributed by atoms with E-state index in [1.54, 1.807) is 6.07 Å². The van der Waals surface area contributed by atoms with E-state index in [1.807, 2.05) is 30.3 Å². The second-order valence-corrected chi connectivity index (χ2v) is 7.07. The van der Waals surface area contributed by atoms with Crippen molar-refractivity contribution in [1.82, 2.24) is 0 Å². The molecule has 0 heterocycles. The molecule has 146 valence electrons. The van der Waals surface area contributed by atoms with Crippen LogP contribution in [0, 0.1) is 0 Å². The highest BCUT2D eigenvalue weighted by Crippen LogP contribution is 2.25. The Bertz CT molecular complexity index is 679. The third kappa shape index (κ3) is 7.86. The van der Waals surface area contributed by atoms with Crippen molar-refractivity contribution in [2.75, 3.05) is 6.61 Å². The number of benzene rings is 2. The van der Waals surface area contributed by atoms with Gasteiger partial charge in [0.1, 0.15) is 5.75 Å². The van der Waals surface area contributed by atoms with E-state index in [0.717, 1.165) is 30.4 Å². The van der Waals surface area contributed by atoms with Crippen LogP contribution >= 0.6 is 0 Å². The van der Waals surface area contributed by atoms with E-state index < -0.39 is 0 Å². The Labute approximate surface area is 163 Å². The van der Waals surface area contributed by atoms with Gasteiger partial charge in [-0.1, -0.05) is 81.5 Å². The van der Waals surface area contributed by atoms with Crippen molar-refractivity contribution in [3.8, 4) is 5.75 Å². The monoisotopic (exact) mass is 368 g/mol. The molecule has 0 atom stereocenters. The molecule has 0 fully saturated rings. The first-order chi connectivity index (χ1) is 13.2. The number of phenols is 1. The normalized spacial score (nSPS) is 10.7. The molecule has 2 rings (SSSR count). The van der Waals surface area contributed by atoms with Gasteiger partial charge in [-0.05, 0) is 42.0 Å². The van der Waals surface area contributed by atoms with Gasteiger partial charge in [0.25, 0.3) is 0 Å². The van der Waals surface area contributed by atoms with Gasteiger partial charge in [0.2, 0.25) is 0 Å². The first-order valence-corrected chi connectivity index (χ1v) is 10.2. The molecule has 0 saturated heterocycles. The zero-order valence-electron chi connectivity index (χ0n) is 16.5. The molecule has 0 bridgehead atoms. The van der Waals surface area contributed by atoms with Crippen LogP contribution < -0.4 is 0 Å². The molecule has 27 heavy (non-hydrogen) atoms. The lowest BCUT2D eigenvalue weighted by molar-refractivity contribution is -0.143. The molecule has 0 amide bonds. The average Bonchev–Trinajstić information content (AvgIpc) is 2.67. The van der Waals surface area contributed by atoms with Gasteiger partial charge in [-0.25, -0.2) is 0 Å². The summed E-state index contributed by atoms with van der Waals surface area (Å²) >= 11 is 0. The Kier molecular flexibility index (Phi) is 9.47. The maximum Gasteiger partial charge on any atom is 0.306 e. The molecule has 0 radical (unpaired) electrons. The van der Waals surface area contributed by atoms with Crippen LogP contribution in [0.2, 0.25) is 0 Å². The molecule has 2 aromatic rings. The Morgan fingerprint density at radius 1 is 0.926 bits per heavy atom. The van der Waals surface area contributed by atoms with E-state index in [4.69, 9.17) is 4.74 Å². The van der Waals surface area contributed by atoms with E-state index in [0.29, 0.717) is 19.4 Å². The highest BCUT2D eigenvalue weighted by Gasteiger charge is 2.11. The van der Waals surface area contributed by atoms with Crippen molar-refractivity contribution in [2.45, 2.75) is 64.7 Å². The third-order valence-electron chi connectivity index (χ3n) is 4.83. The van der Waals surface area contributed by atoms with Crippen LogP contribution in [0.4, 0.5) is 0 Å². The summed E-state index contributed by atoms with van der Waals surface area (Å²) in [6.07, 6.45) is 8.61. The topological polar surface area (TPSA) is 46.5 Å². The number of hydrogen-bond acceptors (Lipinski definition) is 3. The number of phenolic OH excluding ortho intramolecular Hbond substituents is 1. The van der Waals surface area contributed by atoms with Crippen LogP contribution in [-0.2, 0) is 22.4 Å². The van der Waals surface area contributed by atoms with Crippen LogP contribution in [0.1, 0.15) is 68.6 Å². The Balaban J connectivity index is 1.78. The lowest BCUT2D eigenvalue weighted by Gasteiger charge is -2.12. The molecule has 0 aliphatic rings. The molecular weight excluding hydrogens is 336 g/mol. The van der Waals surface area contributed by atoms with Gasteiger partial charge in [0, 0.05) is 6.42 Å². The maximum absolute atomic E-state index is 12.0. The molecule has 0 aliphatic carbocycles. The Hall–Kier alpha value is -2.29. The van der Waals surface area contributed by atoms with Gasteiger partial charge in [-0.2, -0.15) is 0 Å². The van der Waals surface area contributed by atoms with Crippen molar-refractivity contribution >= 4 is 5.97 Å². The first-order valence-electron chi connectivity index (χ1n) is 10.2. The number of ether oxygens (including phenoxy) is 1. The van der Waals surface area contributed by atoms with Crippen molar-refractivity contribution in [1.29, 1.82) is 0 Å². The molecule has 0 spiro atoms. The number of rotatable bonds is 12. The van der Waals surface area contributed by atoms with Crippen molar-refractivity contribution in [3.05, 3.63) is 65.2 Å². The van der Waals surface area contributed by atoms with Crippen LogP contribution in [0.25, 0.3) is 0 Å². The number of aromatic hydroxyl groups is 1. The van der Waals surface area contributed by atoms with Gasteiger partial charge in [-0.3, -0.25) is 4.79 Å². The zero-order valence-corrected chi connectivity index (χ0v) is 16.5. The second-order valence-electron chi connectivity index (χ2n) is 7.07. The molecule has 1 N–H and O–H groups in total. The highest BCUT2D eigenvalue weighted by atomic mass is 16.5. The quantitative estimate of drug-likeness (QED) is 0.379. The number of unbranched alkanes of at least 4 members (excludes halogenated alkanes) is 5. The largest absolute Gasteiger partial charge is 0.508 e. The predicted molar refractivity (Wildman–Crippen MR) is 110 cm³/mol. The molecule has 0 unspecified atom stereocenters. The Morgan fingerprint density at radius 3 is 2.44 bits per heavy atom. The number of esters is 1. The summed E-state index contributed by atoms with van der Waals surface area (Å²) in [5.41, 5.74) is 3.10. The molecule has 0 aliphatic heterocycles. The van der Waals surface area contributed by atoms with Crippen molar-refractivity contribution < 1.29 is 14.6 Å². The summed E-state index contributed by atoms with van der Waals surface area (Å²) in [7, 11) is 0. The summed E-state index contributed by atoms with van der Waals surface area (Å²) in [5.74, 6) is 0.0737. The summed E-state index contributed by atoms with van der Waals surface area (Å²) in [4.78, 5) is 12.0. The van der Waals surface area contributed by atoms with Crippen LogP contribution in [0.3, 0.4) is 0 Å². The Morgan fingerprint density at radius 2 is 1.67 bits per heavy atom. The van der Waals surface area contributed by atoms with Gasteiger partial charge in [0.05, 0.1) is 6.61 Å². The van der Waals surface area contributed by atoms with E-state index in [2.05, 4.69) is 19.1 Å². The van der Waals surface area contributed by atoms with Crippen molar-refractivity contribution in [2.24, 2.45) is 0 Å². The van der Waals surface area contributed by atoms with Gasteiger partial charge < -0.3 is 9.84 Å². The minimum absolute atomic E-state index is 0.183. The SMILES string of the molecule is CCCCCCCCOC(=O)CCc1c(O)cccc1Cc1ccccc1. The summed E-state index contributed by atoms with van der Waals surface area (Å²) in [6.45, 7) is 2.71. The minimum Gasteiger partial charge on any atom is -0.508 e. The van der Waals surface area contributed by atoms with E-state index >= 15 is 0 Å². The second kappa shape index (κ2) is 12.2. The molecule has 0 saturated carbocycles. The van der Waals surface area contributed by atoms with Crippen LogP contribution in [0.15, 0.2) is 48.5 Å². The number of carbonyl (C=O) groups excluding carboxylic acids is 1. The van der Waals surface area contributed by atoms with Gasteiger partial charge in [-0.15, -0.1) is 0 Å². The molecular formula is C24H32O3. The van der Waals surface area contributed by atoms with Gasteiger partial charge in [0.15, 0.2) is 0 Å². The fraction of sp³-hybridized carbons (Fsp3) is 0.458. The first kappa shape index (κ1) is 21.0. The summed E-state index contributed by atoms with van der Waals surface area (Å²) in [6, 6.07) is 15.7.